The molecule has 3 heteroatoms. The first-order valence-corrected chi connectivity index (χ1v) is 4.87. The molecule has 0 bridgehead atoms. The second-order valence-electron chi connectivity index (χ2n) is 2.63. The van der Waals surface area contributed by atoms with Gasteiger partial charge in [0, 0.05) is 0 Å². The normalized spacial score (nSPS) is 16.7. The molecule has 2 atom stereocenters. The minimum atomic E-state index is 0.277. The molecule has 0 radical (unpaired) electrons. The van der Waals surface area contributed by atoms with Gasteiger partial charge in [0.1, 0.15) is 0 Å². The van der Waals surface area contributed by atoms with Gasteiger partial charge in [-0.3, -0.25) is 0 Å². The predicted octanol–water partition coefficient (Wildman–Crippen LogP) is 2.53. The van der Waals surface area contributed by atoms with Gasteiger partial charge in [0.25, 0.3) is 0 Å². The van der Waals surface area contributed by atoms with Gasteiger partial charge >= 0.3 is 76.0 Å². The Morgan fingerprint density at radius 3 is 1.64 bits per heavy atom. The molecule has 0 heterocycles. The van der Waals surface area contributed by atoms with Crippen LogP contribution in [-0.2, 0) is 23.3 Å². The van der Waals surface area contributed by atoms with Crippen LogP contribution in [0.5, 0.6) is 0 Å². The maximum atomic E-state index is 5.25. The third kappa shape index (κ3) is 6.82. The van der Waals surface area contributed by atoms with Crippen molar-refractivity contribution in [3.63, 3.8) is 0 Å². The van der Waals surface area contributed by atoms with Crippen molar-refractivity contribution in [3.8, 4) is 0 Å². The van der Waals surface area contributed by atoms with Gasteiger partial charge in [-0.05, 0) is 0 Å². The fourth-order valence-electron chi connectivity index (χ4n) is 0.216. The first-order chi connectivity index (χ1) is 5.20. The molecule has 11 heavy (non-hydrogen) atoms. The monoisotopic (exact) mass is 209 g/mol. The average Bonchev–Trinajstić information content (AvgIpc) is 2.04. The molecule has 2 nitrogen and oxygen atoms in total. The van der Waals surface area contributed by atoms with Crippen LogP contribution < -0.4 is 0 Å². The van der Waals surface area contributed by atoms with Crippen LogP contribution in [0.2, 0.25) is 0 Å². The van der Waals surface area contributed by atoms with E-state index in [2.05, 4.69) is 13.8 Å². The van der Waals surface area contributed by atoms with E-state index in [-0.39, 0.29) is 12.2 Å². The van der Waals surface area contributed by atoms with Crippen LogP contribution in [0, 0.1) is 0 Å². The van der Waals surface area contributed by atoms with Gasteiger partial charge in [-0.1, -0.05) is 0 Å². The molecule has 0 saturated carbocycles. The number of rotatable bonds is 6. The van der Waals surface area contributed by atoms with Crippen molar-refractivity contribution in [1.82, 2.24) is 0 Å². The molecule has 0 amide bonds. The van der Waals surface area contributed by atoms with Crippen LogP contribution in [-0.4, -0.2) is 12.2 Å². The van der Waals surface area contributed by atoms with E-state index in [4.69, 9.17) is 7.64 Å². The van der Waals surface area contributed by atoms with E-state index in [1.54, 1.807) is 0 Å². The summed E-state index contributed by atoms with van der Waals surface area (Å²) in [6.07, 6.45) is 2.60. The van der Waals surface area contributed by atoms with Crippen molar-refractivity contribution in [2.24, 2.45) is 0 Å². The minimum absolute atomic E-state index is 0.277. The van der Waals surface area contributed by atoms with Crippen molar-refractivity contribution in [1.29, 1.82) is 0 Å². The summed E-state index contributed by atoms with van der Waals surface area (Å²) in [6, 6.07) is 0. The third-order valence-corrected chi connectivity index (χ3v) is 2.39. The van der Waals surface area contributed by atoms with Crippen molar-refractivity contribution < 1.29 is 23.3 Å². The fraction of sp³-hybridized carbons (Fsp3) is 1.00. The topological polar surface area (TPSA) is 18.5 Å². The fourth-order valence-corrected chi connectivity index (χ4v) is 0.892. The Morgan fingerprint density at radius 2 is 1.36 bits per heavy atom. The Kier molecular flexibility index (Phi) is 7.39. The first-order valence-electron chi connectivity index (χ1n) is 4.10. The van der Waals surface area contributed by atoms with Gasteiger partial charge in [0.05, 0.1) is 0 Å². The summed E-state index contributed by atoms with van der Waals surface area (Å²) in [7, 11) is 0. The van der Waals surface area contributed by atoms with Crippen LogP contribution in [0.3, 0.4) is 0 Å². The zero-order chi connectivity index (χ0) is 8.69. The molecular formula is C8H18CuO2. The van der Waals surface area contributed by atoms with Crippen LogP contribution in [0.4, 0.5) is 0 Å². The molecule has 0 spiro atoms. The van der Waals surface area contributed by atoms with Crippen molar-refractivity contribution in [2.45, 2.75) is 52.7 Å². The van der Waals surface area contributed by atoms with Gasteiger partial charge in [0.2, 0.25) is 0 Å². The summed E-state index contributed by atoms with van der Waals surface area (Å²) < 4.78 is 10.5. The molecule has 0 saturated heterocycles. The summed E-state index contributed by atoms with van der Waals surface area (Å²) >= 11 is 1.20. The van der Waals surface area contributed by atoms with Crippen LogP contribution in [0.15, 0.2) is 0 Å². The van der Waals surface area contributed by atoms with E-state index < -0.39 is 0 Å². The van der Waals surface area contributed by atoms with E-state index in [0.717, 1.165) is 12.8 Å². The molecule has 0 N–H and O–H groups in total. The predicted molar refractivity (Wildman–Crippen MR) is 41.7 cm³/mol. The van der Waals surface area contributed by atoms with E-state index in [1.807, 2.05) is 13.8 Å². The van der Waals surface area contributed by atoms with Crippen molar-refractivity contribution in [3.05, 3.63) is 0 Å². The van der Waals surface area contributed by atoms with Gasteiger partial charge in [-0.2, -0.15) is 0 Å². The molecule has 2 unspecified atom stereocenters. The van der Waals surface area contributed by atoms with Gasteiger partial charge in [0.15, 0.2) is 0 Å². The Labute approximate surface area is 76.5 Å². The molecule has 0 aliphatic carbocycles. The molecule has 0 aromatic carbocycles. The Balaban J connectivity index is 3.13. The SMILES string of the molecule is CCC(C)[O][Cu][O]C(C)CC. The summed E-state index contributed by atoms with van der Waals surface area (Å²) in [5.74, 6) is 0. The second kappa shape index (κ2) is 7.11. The maximum absolute atomic E-state index is 5.25. The molecule has 0 fully saturated rings. The van der Waals surface area contributed by atoms with E-state index in [9.17, 15) is 0 Å². The van der Waals surface area contributed by atoms with E-state index >= 15 is 0 Å². The molecule has 73 valence electrons. The Hall–Kier alpha value is 0.439. The molecular weight excluding hydrogens is 192 g/mol. The summed E-state index contributed by atoms with van der Waals surface area (Å²) in [4.78, 5) is 0. The van der Waals surface area contributed by atoms with E-state index in [0.29, 0.717) is 0 Å². The standard InChI is InChI=1S/2C4H9O.Cu/c2*1-3-4(2)5;/h2*4H,3H2,1-2H3;/q2*-1;+2. The molecule has 0 aliphatic heterocycles. The Bertz CT molecular complexity index is 78.2. The van der Waals surface area contributed by atoms with E-state index in [1.165, 1.54) is 15.6 Å². The molecule has 0 aliphatic rings. The zero-order valence-electron chi connectivity index (χ0n) is 7.69. The van der Waals surface area contributed by atoms with Gasteiger partial charge in [-0.25, -0.2) is 0 Å². The number of hydrogen-bond acceptors (Lipinski definition) is 2. The van der Waals surface area contributed by atoms with Crippen molar-refractivity contribution in [2.75, 3.05) is 0 Å². The average molecular weight is 210 g/mol. The van der Waals surface area contributed by atoms with Gasteiger partial charge in [-0.15, -0.1) is 0 Å². The molecule has 0 aromatic rings. The van der Waals surface area contributed by atoms with Crippen LogP contribution in [0.25, 0.3) is 0 Å². The zero-order valence-corrected chi connectivity index (χ0v) is 8.63. The molecule has 0 aromatic heterocycles. The summed E-state index contributed by atoms with van der Waals surface area (Å²) in [5.41, 5.74) is 0. The van der Waals surface area contributed by atoms with Gasteiger partial charge < -0.3 is 0 Å². The Morgan fingerprint density at radius 1 is 1.00 bits per heavy atom. The van der Waals surface area contributed by atoms with Crippen LogP contribution in [0.1, 0.15) is 40.5 Å². The first kappa shape index (κ1) is 11.4. The quantitative estimate of drug-likeness (QED) is 0.626. The summed E-state index contributed by atoms with van der Waals surface area (Å²) in [5, 5.41) is 0. The number of hydrogen-bond donors (Lipinski definition) is 0. The second-order valence-corrected chi connectivity index (χ2v) is 3.23. The molecule has 0 rings (SSSR count). The van der Waals surface area contributed by atoms with Crippen molar-refractivity contribution >= 4 is 0 Å². The summed E-state index contributed by atoms with van der Waals surface area (Å²) in [6.45, 7) is 8.24. The third-order valence-electron chi connectivity index (χ3n) is 1.45. The van der Waals surface area contributed by atoms with Crippen LogP contribution >= 0.6 is 0 Å².